The summed E-state index contributed by atoms with van der Waals surface area (Å²) in [5.74, 6) is 3.14. The molecule has 0 saturated heterocycles. The monoisotopic (exact) mass is 478 g/mol. The van der Waals surface area contributed by atoms with Gasteiger partial charge in [0.1, 0.15) is 11.6 Å². The van der Waals surface area contributed by atoms with Crippen LogP contribution in [0.5, 0.6) is 0 Å². The number of rotatable bonds is 5. The zero-order valence-corrected chi connectivity index (χ0v) is 21.1. The number of aromatic nitrogens is 4. The molecule has 4 aromatic rings. The number of benzene rings is 2. The third kappa shape index (κ3) is 4.04. The van der Waals surface area contributed by atoms with Crippen LogP contribution in [0.25, 0.3) is 22.6 Å². The number of anilines is 2. The van der Waals surface area contributed by atoms with Crippen molar-refractivity contribution in [2.45, 2.75) is 44.9 Å². The van der Waals surface area contributed by atoms with Gasteiger partial charge in [-0.25, -0.2) is 15.0 Å². The maximum Gasteiger partial charge on any atom is 0.251 e. The van der Waals surface area contributed by atoms with Crippen molar-refractivity contribution < 1.29 is 4.79 Å². The number of carbonyl (C=O) groups is 1. The Morgan fingerprint density at radius 2 is 1.86 bits per heavy atom. The van der Waals surface area contributed by atoms with Gasteiger partial charge in [0.2, 0.25) is 0 Å². The number of carbonyl (C=O) groups excluding carboxylic acids is 1. The van der Waals surface area contributed by atoms with Gasteiger partial charge >= 0.3 is 0 Å². The third-order valence-electron chi connectivity index (χ3n) is 7.23. The van der Waals surface area contributed by atoms with Crippen molar-refractivity contribution in [1.82, 2.24) is 24.8 Å². The molecule has 1 saturated carbocycles. The summed E-state index contributed by atoms with van der Waals surface area (Å²) in [7, 11) is 2.08. The van der Waals surface area contributed by atoms with Crippen LogP contribution in [0.15, 0.2) is 54.9 Å². The van der Waals surface area contributed by atoms with Crippen LogP contribution in [0.1, 0.15) is 59.9 Å². The van der Waals surface area contributed by atoms with Gasteiger partial charge in [-0.3, -0.25) is 4.79 Å². The second-order valence-corrected chi connectivity index (χ2v) is 10.6. The molecule has 1 aliphatic carbocycles. The summed E-state index contributed by atoms with van der Waals surface area (Å²) in [5, 5.41) is 6.37. The lowest BCUT2D eigenvalue weighted by Crippen LogP contribution is -2.43. The highest BCUT2D eigenvalue weighted by Crippen LogP contribution is 2.40. The molecule has 0 atom stereocenters. The smallest absolute Gasteiger partial charge is 0.251 e. The van der Waals surface area contributed by atoms with E-state index in [-0.39, 0.29) is 11.3 Å². The summed E-state index contributed by atoms with van der Waals surface area (Å²) in [6.45, 7) is 7.01. The molecule has 2 N–H and O–H groups in total. The maximum absolute atomic E-state index is 12.3. The lowest BCUT2D eigenvalue weighted by molar-refractivity contribution is 0.0930. The number of hydrogen-bond acceptors (Lipinski definition) is 5. The van der Waals surface area contributed by atoms with Gasteiger partial charge in [0.05, 0.1) is 5.69 Å². The van der Waals surface area contributed by atoms with Crippen LogP contribution in [-0.2, 0) is 12.5 Å². The zero-order chi connectivity index (χ0) is 25.0. The largest absolute Gasteiger partial charge is 0.351 e. The Hall–Kier alpha value is -4.00. The molecule has 0 spiro atoms. The Bertz CT molecular complexity index is 1500. The Morgan fingerprint density at radius 1 is 1.06 bits per heavy atom. The van der Waals surface area contributed by atoms with Gasteiger partial charge in [0, 0.05) is 59.7 Å². The molecule has 1 amide bonds. The number of hydrogen-bond donors (Lipinski definition) is 2. The molecule has 2 aromatic carbocycles. The first-order valence-electron chi connectivity index (χ1n) is 12.5. The summed E-state index contributed by atoms with van der Waals surface area (Å²) in [6, 6.07) is 14.0. The average molecular weight is 479 g/mol. The topological polar surface area (TPSA) is 84.7 Å². The van der Waals surface area contributed by atoms with Gasteiger partial charge in [0.15, 0.2) is 5.82 Å². The molecule has 0 bridgehead atoms. The fraction of sp³-hybridized carbons (Fsp3) is 0.310. The molecular formula is C29H30N6O. The van der Waals surface area contributed by atoms with Gasteiger partial charge in [-0.2, -0.15) is 0 Å². The summed E-state index contributed by atoms with van der Waals surface area (Å²) < 4.78 is 2.16. The fourth-order valence-corrected chi connectivity index (χ4v) is 5.01. The molecule has 182 valence electrons. The predicted molar refractivity (Wildman–Crippen MR) is 141 cm³/mol. The van der Waals surface area contributed by atoms with Crippen LogP contribution in [-0.4, -0.2) is 32.0 Å². The zero-order valence-electron chi connectivity index (χ0n) is 21.1. The average Bonchev–Trinajstić information content (AvgIpc) is 3.63. The van der Waals surface area contributed by atoms with E-state index in [9.17, 15) is 4.79 Å². The quantitative estimate of drug-likeness (QED) is 0.396. The molecule has 7 heteroatoms. The molecule has 36 heavy (non-hydrogen) atoms. The number of imidazole rings is 1. The minimum atomic E-state index is -0.135. The highest BCUT2D eigenvalue weighted by molar-refractivity contribution is 5.98. The van der Waals surface area contributed by atoms with Gasteiger partial charge in [-0.15, -0.1) is 0 Å². The first-order valence-corrected chi connectivity index (χ1v) is 12.5. The molecule has 7 nitrogen and oxygen atoms in total. The third-order valence-corrected chi connectivity index (χ3v) is 7.23. The van der Waals surface area contributed by atoms with E-state index in [1.54, 1.807) is 6.20 Å². The Kier molecular flexibility index (Phi) is 5.18. The fourth-order valence-electron chi connectivity index (χ4n) is 5.01. The SMILES string of the molecule is Cc1cc(-c2nccc(Nc3ccc4c(c3)C(C)(C)CNC4=O)n2)ccc1-c1cn(C)c(C2CC2)n1. The van der Waals surface area contributed by atoms with E-state index in [1.165, 1.54) is 18.7 Å². The van der Waals surface area contributed by atoms with Gasteiger partial charge in [0.25, 0.3) is 5.91 Å². The van der Waals surface area contributed by atoms with Crippen molar-refractivity contribution in [2.75, 3.05) is 11.9 Å². The lowest BCUT2D eigenvalue weighted by atomic mass is 9.79. The molecule has 1 aliphatic heterocycles. The standard InChI is InChI=1S/C29H30N6O/c1-17-13-19(7-9-21(17)24-15-35(4)27(33-24)18-5-6-18)26-30-12-11-25(34-26)32-20-8-10-22-23(14-20)29(2,3)16-31-28(22)36/h7-15,18H,5-6,16H2,1-4H3,(H,31,36)(H,30,32,34). The van der Waals surface area contributed by atoms with Gasteiger partial charge in [-0.1, -0.05) is 26.0 Å². The normalized spacial score (nSPS) is 16.4. The molecule has 0 unspecified atom stereocenters. The highest BCUT2D eigenvalue weighted by Gasteiger charge is 2.31. The second kappa shape index (κ2) is 8.29. The van der Waals surface area contributed by atoms with Crippen molar-refractivity contribution in [2.24, 2.45) is 7.05 Å². The first-order chi connectivity index (χ1) is 17.3. The molecular weight excluding hydrogens is 448 g/mol. The van der Waals surface area contributed by atoms with E-state index in [2.05, 4.69) is 78.5 Å². The van der Waals surface area contributed by atoms with Crippen LogP contribution in [0.2, 0.25) is 0 Å². The molecule has 3 heterocycles. The number of nitrogens with zero attached hydrogens (tertiary/aromatic N) is 4. The van der Waals surface area contributed by atoms with Crippen molar-refractivity contribution in [1.29, 1.82) is 0 Å². The van der Waals surface area contributed by atoms with Gasteiger partial charge < -0.3 is 15.2 Å². The van der Waals surface area contributed by atoms with Crippen molar-refractivity contribution >= 4 is 17.4 Å². The van der Waals surface area contributed by atoms with Crippen LogP contribution < -0.4 is 10.6 Å². The first kappa shape index (κ1) is 22.5. The second-order valence-electron chi connectivity index (χ2n) is 10.6. The van der Waals surface area contributed by atoms with Crippen LogP contribution in [0.3, 0.4) is 0 Å². The van der Waals surface area contributed by atoms with E-state index < -0.39 is 0 Å². The summed E-state index contributed by atoms with van der Waals surface area (Å²) in [6.07, 6.45) is 6.37. The van der Waals surface area contributed by atoms with Crippen LogP contribution in [0.4, 0.5) is 11.5 Å². The summed E-state index contributed by atoms with van der Waals surface area (Å²) in [5.41, 5.74) is 6.79. The van der Waals surface area contributed by atoms with E-state index in [0.29, 0.717) is 24.1 Å². The molecule has 2 aromatic heterocycles. The summed E-state index contributed by atoms with van der Waals surface area (Å²) >= 11 is 0. The lowest BCUT2D eigenvalue weighted by Gasteiger charge is -2.32. The Balaban J connectivity index is 1.26. The number of nitrogens with one attached hydrogen (secondary N) is 2. The van der Waals surface area contributed by atoms with Crippen molar-refractivity contribution in [3.05, 3.63) is 77.4 Å². The van der Waals surface area contributed by atoms with E-state index in [0.717, 1.165) is 39.2 Å². The number of amides is 1. The molecule has 6 rings (SSSR count). The Morgan fingerprint density at radius 3 is 2.64 bits per heavy atom. The summed E-state index contributed by atoms with van der Waals surface area (Å²) in [4.78, 5) is 26.5. The van der Waals surface area contributed by atoms with Gasteiger partial charge in [-0.05, 0) is 61.2 Å². The van der Waals surface area contributed by atoms with Crippen molar-refractivity contribution in [3.63, 3.8) is 0 Å². The maximum atomic E-state index is 12.3. The van der Waals surface area contributed by atoms with E-state index in [4.69, 9.17) is 9.97 Å². The van der Waals surface area contributed by atoms with E-state index in [1.807, 2.05) is 18.2 Å². The van der Waals surface area contributed by atoms with Crippen LogP contribution in [0, 0.1) is 6.92 Å². The molecule has 0 radical (unpaired) electrons. The number of fused-ring (bicyclic) bond motifs is 1. The molecule has 2 aliphatic rings. The highest BCUT2D eigenvalue weighted by atomic mass is 16.1. The minimum Gasteiger partial charge on any atom is -0.351 e. The van der Waals surface area contributed by atoms with Crippen LogP contribution >= 0.6 is 0 Å². The Labute approximate surface area is 211 Å². The molecule has 1 fully saturated rings. The van der Waals surface area contributed by atoms with E-state index >= 15 is 0 Å². The minimum absolute atomic E-state index is 0.0199. The van der Waals surface area contributed by atoms with Crippen molar-refractivity contribution in [3.8, 4) is 22.6 Å². The predicted octanol–water partition coefficient (Wildman–Crippen LogP) is 5.49. The number of aryl methyl sites for hydroxylation is 2.